The lowest BCUT2D eigenvalue weighted by molar-refractivity contribution is -0.385. The quantitative estimate of drug-likeness (QED) is 0.378. The van der Waals surface area contributed by atoms with E-state index in [9.17, 15) is 24.8 Å². The van der Waals surface area contributed by atoms with E-state index in [2.05, 4.69) is 15.8 Å². The van der Waals surface area contributed by atoms with Crippen LogP contribution in [0.5, 0.6) is 11.5 Å². The Bertz CT molecular complexity index is 897. The molecule has 0 aliphatic rings. The van der Waals surface area contributed by atoms with Gasteiger partial charge in [-0.3, -0.25) is 19.7 Å². The van der Waals surface area contributed by atoms with Crippen molar-refractivity contribution in [2.45, 2.75) is 0 Å². The second kappa shape index (κ2) is 8.94. The van der Waals surface area contributed by atoms with Crippen LogP contribution in [0.4, 0.5) is 5.69 Å². The molecule has 10 nitrogen and oxygen atoms in total. The fraction of sp³-hybridized carbons (Fsp3) is 0.118. The topological polar surface area (TPSA) is 143 Å². The highest BCUT2D eigenvalue weighted by atomic mass is 16.6. The number of phenols is 1. The van der Waals surface area contributed by atoms with Crippen LogP contribution in [-0.4, -0.2) is 41.7 Å². The van der Waals surface area contributed by atoms with Crippen molar-refractivity contribution >= 4 is 23.7 Å². The number of nitrogens with zero attached hydrogens (tertiary/aromatic N) is 2. The number of rotatable bonds is 7. The van der Waals surface area contributed by atoms with Crippen LogP contribution >= 0.6 is 0 Å². The van der Waals surface area contributed by atoms with Crippen LogP contribution in [0.15, 0.2) is 47.6 Å². The number of hydrogen-bond acceptors (Lipinski definition) is 7. The number of benzene rings is 2. The molecule has 0 radical (unpaired) electrons. The molecule has 2 rings (SSSR count). The van der Waals surface area contributed by atoms with E-state index in [1.807, 2.05) is 0 Å². The predicted molar refractivity (Wildman–Crippen MR) is 95.8 cm³/mol. The molecule has 0 atom stereocenters. The van der Waals surface area contributed by atoms with E-state index in [0.717, 1.165) is 12.1 Å². The van der Waals surface area contributed by atoms with Gasteiger partial charge in [0, 0.05) is 17.2 Å². The number of carbonyl (C=O) groups is 2. The van der Waals surface area contributed by atoms with Crippen molar-refractivity contribution in [2.24, 2.45) is 5.10 Å². The number of nitro benzene ring substituents is 1. The number of aromatic hydroxyl groups is 1. The Kier molecular flexibility index (Phi) is 6.42. The molecule has 0 aromatic heterocycles. The third-order valence-corrected chi connectivity index (χ3v) is 3.34. The van der Waals surface area contributed by atoms with E-state index in [1.54, 1.807) is 18.2 Å². The minimum Gasteiger partial charge on any atom is -0.502 e. The van der Waals surface area contributed by atoms with Gasteiger partial charge < -0.3 is 15.2 Å². The standard InChI is InChI=1S/C17H16N4O6/c1-27-13-4-2-3-12(8-13)17(24)18-10-16(23)20-19-9-11-5-6-15(22)14(7-11)21(25)26/h2-9,22H,10H2,1H3,(H,18,24)(H,20,23)/b19-9+. The second-order valence-electron chi connectivity index (χ2n) is 5.21. The highest BCUT2D eigenvalue weighted by molar-refractivity contribution is 5.96. The fourth-order valence-electron chi connectivity index (χ4n) is 2.01. The molecule has 0 saturated heterocycles. The van der Waals surface area contributed by atoms with Gasteiger partial charge in [-0.05, 0) is 30.3 Å². The Balaban J connectivity index is 1.87. The third-order valence-electron chi connectivity index (χ3n) is 3.34. The van der Waals surface area contributed by atoms with Crippen molar-refractivity contribution in [3.8, 4) is 11.5 Å². The minimum atomic E-state index is -0.737. The maximum Gasteiger partial charge on any atom is 0.311 e. The van der Waals surface area contributed by atoms with Crippen LogP contribution in [0.2, 0.25) is 0 Å². The molecule has 2 amide bonds. The second-order valence-corrected chi connectivity index (χ2v) is 5.21. The molecule has 0 saturated carbocycles. The van der Waals surface area contributed by atoms with Gasteiger partial charge in [0.2, 0.25) is 0 Å². The average molecular weight is 372 g/mol. The van der Waals surface area contributed by atoms with Crippen LogP contribution in [-0.2, 0) is 4.79 Å². The summed E-state index contributed by atoms with van der Waals surface area (Å²) in [4.78, 5) is 33.7. The van der Waals surface area contributed by atoms with Crippen molar-refractivity contribution in [1.29, 1.82) is 0 Å². The van der Waals surface area contributed by atoms with Crippen LogP contribution < -0.4 is 15.5 Å². The number of carbonyl (C=O) groups excluding carboxylic acids is 2. The van der Waals surface area contributed by atoms with Crippen molar-refractivity contribution < 1.29 is 24.4 Å². The molecule has 3 N–H and O–H groups in total. The molecule has 0 bridgehead atoms. The molecule has 0 heterocycles. The van der Waals surface area contributed by atoms with Gasteiger partial charge in [0.25, 0.3) is 11.8 Å². The SMILES string of the molecule is COc1cccc(C(=O)NCC(=O)N/N=C/c2ccc(O)c([N+](=O)[O-])c2)c1. The number of hydrogen-bond donors (Lipinski definition) is 3. The van der Waals surface area contributed by atoms with Crippen LogP contribution in [0.25, 0.3) is 0 Å². The number of ether oxygens (including phenoxy) is 1. The maximum atomic E-state index is 12.0. The number of phenolic OH excluding ortho intramolecular Hbond substituents is 1. The molecule has 2 aromatic rings. The van der Waals surface area contributed by atoms with E-state index in [4.69, 9.17) is 4.74 Å². The molecule has 27 heavy (non-hydrogen) atoms. The summed E-state index contributed by atoms with van der Waals surface area (Å²) in [6.07, 6.45) is 1.17. The number of amides is 2. The predicted octanol–water partition coefficient (Wildman–Crippen LogP) is 1.19. The van der Waals surface area contributed by atoms with Crippen LogP contribution in [0.3, 0.4) is 0 Å². The summed E-state index contributed by atoms with van der Waals surface area (Å²) in [5, 5.41) is 26.2. The summed E-state index contributed by atoms with van der Waals surface area (Å²) in [5.74, 6) is -1.00. The van der Waals surface area contributed by atoms with E-state index >= 15 is 0 Å². The highest BCUT2D eigenvalue weighted by Crippen LogP contribution is 2.25. The first-order valence-electron chi connectivity index (χ1n) is 7.62. The van der Waals surface area contributed by atoms with Crippen molar-refractivity contribution in [3.63, 3.8) is 0 Å². The molecule has 0 fully saturated rings. The molecule has 10 heteroatoms. The van der Waals surface area contributed by atoms with E-state index in [0.29, 0.717) is 16.9 Å². The summed E-state index contributed by atoms with van der Waals surface area (Å²) >= 11 is 0. The molecule has 0 spiro atoms. The smallest absolute Gasteiger partial charge is 0.311 e. The lowest BCUT2D eigenvalue weighted by Crippen LogP contribution is -2.34. The highest BCUT2D eigenvalue weighted by Gasteiger charge is 2.13. The van der Waals surface area contributed by atoms with Gasteiger partial charge in [-0.1, -0.05) is 6.07 Å². The van der Waals surface area contributed by atoms with Gasteiger partial charge in [-0.25, -0.2) is 5.43 Å². The lowest BCUT2D eigenvalue weighted by atomic mass is 10.2. The largest absolute Gasteiger partial charge is 0.502 e. The summed E-state index contributed by atoms with van der Waals surface area (Å²) in [7, 11) is 1.48. The average Bonchev–Trinajstić information content (AvgIpc) is 2.67. The summed E-state index contributed by atoms with van der Waals surface area (Å²) in [5.41, 5.74) is 2.35. The maximum absolute atomic E-state index is 12.0. The number of nitro groups is 1. The Morgan fingerprint density at radius 1 is 1.30 bits per heavy atom. The number of methoxy groups -OCH3 is 1. The Morgan fingerprint density at radius 2 is 2.07 bits per heavy atom. The van der Waals surface area contributed by atoms with Crippen molar-refractivity contribution in [2.75, 3.05) is 13.7 Å². The Hall–Kier alpha value is -3.95. The molecular formula is C17H16N4O6. The van der Waals surface area contributed by atoms with Crippen LogP contribution in [0, 0.1) is 10.1 Å². The van der Waals surface area contributed by atoms with Gasteiger partial charge in [-0.2, -0.15) is 5.10 Å². The first kappa shape index (κ1) is 19.4. The fourth-order valence-corrected chi connectivity index (χ4v) is 2.01. The molecule has 140 valence electrons. The van der Waals surface area contributed by atoms with Gasteiger partial charge in [0.05, 0.1) is 24.8 Å². The zero-order valence-corrected chi connectivity index (χ0v) is 14.2. The zero-order valence-electron chi connectivity index (χ0n) is 14.2. The molecular weight excluding hydrogens is 356 g/mol. The first-order chi connectivity index (χ1) is 12.9. The van der Waals surface area contributed by atoms with Gasteiger partial charge in [-0.15, -0.1) is 0 Å². The van der Waals surface area contributed by atoms with E-state index in [1.165, 1.54) is 25.5 Å². The minimum absolute atomic E-state index is 0.306. The Morgan fingerprint density at radius 3 is 2.78 bits per heavy atom. The first-order valence-corrected chi connectivity index (χ1v) is 7.62. The van der Waals surface area contributed by atoms with Gasteiger partial charge in [0.1, 0.15) is 5.75 Å². The summed E-state index contributed by atoms with van der Waals surface area (Å²) in [6.45, 7) is -0.316. The van der Waals surface area contributed by atoms with Crippen LogP contribution in [0.1, 0.15) is 15.9 Å². The summed E-state index contributed by atoms with van der Waals surface area (Å²) < 4.78 is 5.02. The molecule has 0 unspecified atom stereocenters. The zero-order chi connectivity index (χ0) is 19.8. The van der Waals surface area contributed by atoms with Gasteiger partial charge in [0.15, 0.2) is 5.75 Å². The number of hydrazone groups is 1. The summed E-state index contributed by atoms with van der Waals surface area (Å²) in [6, 6.07) is 10.1. The number of nitrogens with one attached hydrogen (secondary N) is 2. The normalized spacial score (nSPS) is 10.4. The third kappa shape index (κ3) is 5.53. The van der Waals surface area contributed by atoms with Gasteiger partial charge >= 0.3 is 5.69 Å². The van der Waals surface area contributed by atoms with E-state index < -0.39 is 28.2 Å². The van der Waals surface area contributed by atoms with Crippen molar-refractivity contribution in [1.82, 2.24) is 10.7 Å². The molecule has 2 aromatic carbocycles. The molecule has 0 aliphatic carbocycles. The monoisotopic (exact) mass is 372 g/mol. The Labute approximate surface area is 153 Å². The van der Waals surface area contributed by atoms with E-state index in [-0.39, 0.29) is 6.54 Å². The molecule has 0 aliphatic heterocycles. The van der Waals surface area contributed by atoms with Crippen molar-refractivity contribution in [3.05, 3.63) is 63.7 Å². The lowest BCUT2D eigenvalue weighted by Gasteiger charge is -2.06.